The molecule has 6 atom stereocenters. The summed E-state index contributed by atoms with van der Waals surface area (Å²) in [5.41, 5.74) is -16.8. The number of rotatable bonds is 24. The summed E-state index contributed by atoms with van der Waals surface area (Å²) in [6.07, 6.45) is -0.308. The Labute approximate surface area is 489 Å². The molecule has 412 valence electrons. The van der Waals surface area contributed by atoms with Crippen LogP contribution in [0.25, 0.3) is 0 Å². The van der Waals surface area contributed by atoms with Gasteiger partial charge in [-0.2, -0.15) is 0 Å². The van der Waals surface area contributed by atoms with E-state index in [2.05, 4.69) is 0 Å². The Morgan fingerprint density at radius 2 is 0.313 bits per heavy atom. The van der Waals surface area contributed by atoms with Gasteiger partial charge in [-0.1, -0.05) is 154 Å². The molecule has 0 fully saturated rings. The van der Waals surface area contributed by atoms with E-state index in [1.54, 1.807) is 0 Å². The summed E-state index contributed by atoms with van der Waals surface area (Å²) in [6, 6.07) is 0. The van der Waals surface area contributed by atoms with Crippen molar-refractivity contribution in [2.45, 2.75) is 234 Å². The second-order valence-electron chi connectivity index (χ2n) is 16.5. The number of hydrogen-bond acceptors (Lipinski definition) is 24. The third-order valence-corrected chi connectivity index (χ3v) is 32.2. The second kappa shape index (κ2) is 45.3. The van der Waals surface area contributed by atoms with E-state index < -0.39 is 34.2 Å². The minimum Gasteiger partial charge on any atom is -0.793 e. The summed E-state index contributed by atoms with van der Waals surface area (Å²) in [4.78, 5) is 68.3. The first-order valence-corrected chi connectivity index (χ1v) is 45.8. The molecule has 31 heteroatoms. The maximum Gasteiger partial charge on any atom is 0.0566 e. The smallest absolute Gasteiger partial charge is 0.0566 e. The van der Waals surface area contributed by atoms with Gasteiger partial charge in [0, 0.05) is 96.8 Å². The molecule has 0 aliphatic rings. The standard InChI is InChI=1S/6C6H15O2PS2.U/c6*1-5(2)8-9(7,10)11-6(3)4;/h6*5-6H,1-4H3,(H,7,10);/p-6. The molecule has 0 N–H and O–H groups in total. The molecule has 0 heterocycles. The van der Waals surface area contributed by atoms with E-state index in [0.29, 0.717) is 0 Å². The van der Waals surface area contributed by atoms with Crippen molar-refractivity contribution in [3.8, 4) is 0 Å². The molecule has 0 aliphatic carbocycles. The zero-order chi connectivity index (χ0) is 54.4. The molecule has 67 heavy (non-hydrogen) atoms. The van der Waals surface area contributed by atoms with Gasteiger partial charge in [-0.15, -0.1) is 68.3 Å². The molecule has 0 aromatic rings. The van der Waals surface area contributed by atoms with Gasteiger partial charge >= 0.3 is 0 Å². The van der Waals surface area contributed by atoms with Crippen LogP contribution >= 0.6 is 102 Å². The Bertz CT molecular complexity index is 1150. The van der Waals surface area contributed by atoms with Gasteiger partial charge in [-0.3, -0.25) is 0 Å². The molecule has 0 bridgehead atoms. The summed E-state index contributed by atoms with van der Waals surface area (Å²) in [7, 11) is 0. The van der Waals surface area contributed by atoms with Gasteiger partial charge in [-0.05, 0) is 83.1 Å². The van der Waals surface area contributed by atoms with Crippen molar-refractivity contribution in [1.82, 2.24) is 0 Å². The summed E-state index contributed by atoms with van der Waals surface area (Å²) in [5.74, 6) is 0. The summed E-state index contributed by atoms with van der Waals surface area (Å²) >= 11 is 36.2. The first-order valence-electron chi connectivity index (χ1n) is 21.1. The van der Waals surface area contributed by atoms with Crippen molar-refractivity contribution in [3.63, 3.8) is 0 Å². The fourth-order valence-corrected chi connectivity index (χ4v) is 35.4. The van der Waals surface area contributed by atoms with E-state index in [4.69, 9.17) is 98.0 Å². The van der Waals surface area contributed by atoms with E-state index in [9.17, 15) is 29.4 Å². The monoisotopic (exact) mass is 1520 g/mol. The summed E-state index contributed by atoms with van der Waals surface area (Å²) in [6.45, 7) is 45.4. The molecule has 0 amide bonds. The van der Waals surface area contributed by atoms with Crippen LogP contribution in [-0.2, 0) is 98.0 Å². The normalized spacial score (nSPS) is 17.1. The van der Waals surface area contributed by atoms with Gasteiger partial charge in [0.15, 0.2) is 0 Å². The predicted molar refractivity (Wildman–Crippen MR) is 319 cm³/mol. The molecule has 12 nitrogen and oxygen atoms in total. The maximum absolute atomic E-state index is 11.4. The summed E-state index contributed by atoms with van der Waals surface area (Å²) < 4.78 is 30.5. The average molecular weight is 1520 g/mol. The first-order chi connectivity index (χ1) is 29.0. The van der Waals surface area contributed by atoms with Crippen LogP contribution in [0.5, 0.6) is 0 Å². The molecule has 0 saturated heterocycles. The largest absolute Gasteiger partial charge is 0.793 e. The van der Waals surface area contributed by atoms with Crippen LogP contribution < -0.4 is 29.4 Å². The van der Waals surface area contributed by atoms with Gasteiger partial charge in [-0.25, -0.2) is 0 Å². The van der Waals surface area contributed by atoms with Crippen LogP contribution in [-0.4, -0.2) is 68.1 Å². The van der Waals surface area contributed by atoms with Crippen LogP contribution in [0.4, 0.5) is 0 Å². The molecule has 0 rings (SSSR count). The SMILES string of the molecule is CC(C)OP([O-])(=S)SC(C)C.CC(C)OP([O-])(=S)SC(C)C.CC(C)OP([O-])(=S)SC(C)C.CC(C)OP([O-])(=S)SC(C)C.CC(C)OP([O-])(=S)SC(C)C.CC(C)OP([O-])(=S)SC(C)C.[U]. The molecule has 0 aromatic carbocycles. The van der Waals surface area contributed by atoms with Crippen molar-refractivity contribution in [3.05, 3.63) is 0 Å². The van der Waals surface area contributed by atoms with Gasteiger partial charge in [0.25, 0.3) is 0 Å². The molecule has 0 spiro atoms. The van der Waals surface area contributed by atoms with Crippen molar-refractivity contribution in [2.24, 2.45) is 0 Å². The van der Waals surface area contributed by atoms with Gasteiger partial charge in [0.05, 0.1) is 36.6 Å². The Morgan fingerprint density at radius 1 is 0.239 bits per heavy atom. The Balaban J connectivity index is -0.000000129. The summed E-state index contributed by atoms with van der Waals surface area (Å²) in [5, 5.41) is 1.57. The first kappa shape index (κ1) is 87.4. The van der Waals surface area contributed by atoms with Gasteiger partial charge < -0.3 is 56.5 Å². The van der Waals surface area contributed by atoms with Crippen molar-refractivity contribution in [2.75, 3.05) is 0 Å². The minimum absolute atomic E-state index is 0. The zero-order valence-electron chi connectivity index (χ0n) is 43.9. The Hall–Kier alpha value is 6.57. The number of hydrogen-bond donors (Lipinski definition) is 0. The van der Waals surface area contributed by atoms with Crippen molar-refractivity contribution < 1.29 is 87.6 Å². The molecular weight excluding hydrogens is 1430 g/mol. The van der Waals surface area contributed by atoms with Crippen molar-refractivity contribution >= 4 is 173 Å². The van der Waals surface area contributed by atoms with Crippen LogP contribution in [0.2, 0.25) is 0 Å². The molecule has 0 aliphatic heterocycles. The van der Waals surface area contributed by atoms with Crippen LogP contribution in [0.15, 0.2) is 0 Å². The van der Waals surface area contributed by atoms with Crippen molar-refractivity contribution in [1.29, 1.82) is 0 Å². The molecule has 0 saturated carbocycles. The van der Waals surface area contributed by atoms with E-state index in [1.165, 1.54) is 68.3 Å². The molecule has 0 aromatic heterocycles. The molecule has 6 unspecified atom stereocenters. The van der Waals surface area contributed by atoms with E-state index >= 15 is 0 Å². The Morgan fingerprint density at radius 3 is 0.358 bits per heavy atom. The third-order valence-electron chi connectivity index (χ3n) is 4.08. The fraction of sp³-hybridized carbons (Fsp3) is 1.00. The van der Waals surface area contributed by atoms with Crippen LogP contribution in [0.1, 0.15) is 166 Å². The van der Waals surface area contributed by atoms with E-state index in [-0.39, 0.29) is 99.2 Å². The maximum atomic E-state index is 11.4. The van der Waals surface area contributed by atoms with E-state index in [0.717, 1.165) is 0 Å². The average Bonchev–Trinajstić information content (AvgIpc) is 2.90. The zero-order valence-corrected chi connectivity index (χ0v) is 63.2. The quantitative estimate of drug-likeness (QED) is 0.0827. The minimum atomic E-state index is -2.80. The molecule has 0 radical (unpaired) electrons. The van der Waals surface area contributed by atoms with Gasteiger partial charge in [0.2, 0.25) is 0 Å². The fourth-order valence-electron chi connectivity index (χ4n) is 3.25. The van der Waals surface area contributed by atoms with E-state index in [1.807, 2.05) is 166 Å². The Kier molecular flexibility index (Phi) is 59.1. The molecular formula is C36H84O12P6S12U-6. The van der Waals surface area contributed by atoms with Gasteiger partial charge in [0.1, 0.15) is 0 Å². The van der Waals surface area contributed by atoms with Crippen LogP contribution in [0, 0.1) is 31.1 Å². The second-order valence-corrected chi connectivity index (χ2v) is 55.3. The topological polar surface area (TPSA) is 194 Å². The van der Waals surface area contributed by atoms with Crippen LogP contribution in [0.3, 0.4) is 0 Å². The third kappa shape index (κ3) is 81.6. The predicted octanol–water partition coefficient (Wildman–Crippen LogP) is 12.8.